The SMILES string of the molecule is NNc1cc(-c2ccccc2)nc(CCC(F)(F)F)n1. The van der Waals surface area contributed by atoms with Crippen LogP contribution in [0.5, 0.6) is 0 Å². The summed E-state index contributed by atoms with van der Waals surface area (Å²) in [7, 11) is 0. The fraction of sp³-hybridized carbons (Fsp3) is 0.231. The van der Waals surface area contributed by atoms with Gasteiger partial charge in [-0.1, -0.05) is 30.3 Å². The number of nitrogens with zero attached hydrogens (tertiary/aromatic N) is 2. The molecule has 2 aromatic rings. The maximum Gasteiger partial charge on any atom is 0.389 e. The van der Waals surface area contributed by atoms with Crippen LogP contribution in [0.3, 0.4) is 0 Å². The summed E-state index contributed by atoms with van der Waals surface area (Å²) < 4.78 is 36.8. The Kier molecular flexibility index (Phi) is 4.19. The lowest BCUT2D eigenvalue weighted by Gasteiger charge is -2.09. The monoisotopic (exact) mass is 282 g/mol. The topological polar surface area (TPSA) is 63.8 Å². The molecule has 0 aliphatic carbocycles. The van der Waals surface area contributed by atoms with E-state index in [1.807, 2.05) is 30.3 Å². The Balaban J connectivity index is 2.30. The summed E-state index contributed by atoms with van der Waals surface area (Å²) in [5.74, 6) is 5.68. The highest BCUT2D eigenvalue weighted by atomic mass is 19.4. The fourth-order valence-electron chi connectivity index (χ4n) is 1.69. The second-order valence-corrected chi connectivity index (χ2v) is 4.18. The van der Waals surface area contributed by atoms with Crippen LogP contribution in [-0.4, -0.2) is 16.1 Å². The number of benzene rings is 1. The Labute approximate surface area is 113 Å². The van der Waals surface area contributed by atoms with E-state index in [0.717, 1.165) is 5.56 Å². The van der Waals surface area contributed by atoms with E-state index in [1.54, 1.807) is 6.07 Å². The predicted molar refractivity (Wildman–Crippen MR) is 69.7 cm³/mol. The van der Waals surface area contributed by atoms with Crippen LogP contribution < -0.4 is 11.3 Å². The second kappa shape index (κ2) is 5.87. The number of nitrogen functional groups attached to an aromatic ring is 1. The Hall–Kier alpha value is -2.15. The fourth-order valence-corrected chi connectivity index (χ4v) is 1.69. The lowest BCUT2D eigenvalue weighted by atomic mass is 10.1. The van der Waals surface area contributed by atoms with Crippen molar-refractivity contribution in [3.63, 3.8) is 0 Å². The Bertz CT molecular complexity index is 570. The molecule has 7 heteroatoms. The minimum absolute atomic E-state index is 0.108. The zero-order chi connectivity index (χ0) is 14.6. The predicted octanol–water partition coefficient (Wildman–Crippen LogP) is 2.92. The van der Waals surface area contributed by atoms with Gasteiger partial charge in [0, 0.05) is 18.1 Å². The molecule has 1 aromatic heterocycles. The number of alkyl halides is 3. The highest BCUT2D eigenvalue weighted by Gasteiger charge is 2.27. The molecular weight excluding hydrogens is 269 g/mol. The van der Waals surface area contributed by atoms with Gasteiger partial charge in [0.15, 0.2) is 0 Å². The summed E-state index contributed by atoms with van der Waals surface area (Å²) in [6, 6.07) is 10.7. The molecular formula is C13H13F3N4. The third kappa shape index (κ3) is 3.92. The molecule has 0 amide bonds. The van der Waals surface area contributed by atoms with Gasteiger partial charge in [-0.3, -0.25) is 0 Å². The summed E-state index contributed by atoms with van der Waals surface area (Å²) in [5.41, 5.74) is 3.67. The van der Waals surface area contributed by atoms with E-state index in [0.29, 0.717) is 5.69 Å². The van der Waals surface area contributed by atoms with Crippen LogP contribution in [0.2, 0.25) is 0 Å². The van der Waals surface area contributed by atoms with Gasteiger partial charge in [-0.15, -0.1) is 0 Å². The number of rotatable bonds is 4. The van der Waals surface area contributed by atoms with E-state index in [2.05, 4.69) is 15.4 Å². The Morgan fingerprint density at radius 1 is 1.10 bits per heavy atom. The Morgan fingerprint density at radius 3 is 2.40 bits per heavy atom. The van der Waals surface area contributed by atoms with Crippen molar-refractivity contribution >= 4 is 5.82 Å². The molecule has 106 valence electrons. The molecule has 0 bridgehead atoms. The number of hydrogen-bond donors (Lipinski definition) is 2. The molecule has 20 heavy (non-hydrogen) atoms. The molecule has 0 unspecified atom stereocenters. The first kappa shape index (κ1) is 14.3. The number of nitrogens with two attached hydrogens (primary N) is 1. The smallest absolute Gasteiger partial charge is 0.308 e. The lowest BCUT2D eigenvalue weighted by molar-refractivity contribution is -0.134. The number of hydrogen-bond acceptors (Lipinski definition) is 4. The summed E-state index contributed by atoms with van der Waals surface area (Å²) in [6.45, 7) is 0. The van der Waals surface area contributed by atoms with Gasteiger partial charge in [-0.05, 0) is 0 Å². The molecule has 0 radical (unpaired) electrons. The molecule has 2 rings (SSSR count). The van der Waals surface area contributed by atoms with E-state index in [1.165, 1.54) is 0 Å². The van der Waals surface area contributed by atoms with Gasteiger partial charge in [0.25, 0.3) is 0 Å². The van der Waals surface area contributed by atoms with Crippen molar-refractivity contribution < 1.29 is 13.2 Å². The highest BCUT2D eigenvalue weighted by Crippen LogP contribution is 2.23. The summed E-state index contributed by atoms with van der Waals surface area (Å²) >= 11 is 0. The average molecular weight is 282 g/mol. The quantitative estimate of drug-likeness (QED) is 0.668. The molecule has 0 atom stereocenters. The maximum atomic E-state index is 12.3. The van der Waals surface area contributed by atoms with Crippen LogP contribution >= 0.6 is 0 Å². The van der Waals surface area contributed by atoms with Crippen molar-refractivity contribution in [2.45, 2.75) is 19.0 Å². The van der Waals surface area contributed by atoms with Crippen molar-refractivity contribution in [2.75, 3.05) is 5.43 Å². The van der Waals surface area contributed by atoms with Crippen molar-refractivity contribution in [1.29, 1.82) is 0 Å². The first-order valence-corrected chi connectivity index (χ1v) is 5.95. The number of aryl methyl sites for hydroxylation is 1. The average Bonchev–Trinajstić information content (AvgIpc) is 2.45. The summed E-state index contributed by atoms with van der Waals surface area (Å²) in [4.78, 5) is 8.08. The molecule has 0 aliphatic rings. The van der Waals surface area contributed by atoms with Crippen LogP contribution in [0, 0.1) is 0 Å². The van der Waals surface area contributed by atoms with Gasteiger partial charge >= 0.3 is 6.18 Å². The molecule has 3 N–H and O–H groups in total. The molecule has 0 saturated carbocycles. The third-order valence-electron chi connectivity index (χ3n) is 2.62. The number of anilines is 1. The van der Waals surface area contributed by atoms with Crippen LogP contribution in [0.25, 0.3) is 11.3 Å². The molecule has 4 nitrogen and oxygen atoms in total. The van der Waals surface area contributed by atoms with Gasteiger partial charge in [0.05, 0.1) is 12.1 Å². The second-order valence-electron chi connectivity index (χ2n) is 4.18. The van der Waals surface area contributed by atoms with Crippen LogP contribution in [-0.2, 0) is 6.42 Å². The number of nitrogens with one attached hydrogen (secondary N) is 1. The van der Waals surface area contributed by atoms with Crippen LogP contribution in [0.15, 0.2) is 36.4 Å². The third-order valence-corrected chi connectivity index (χ3v) is 2.62. The maximum absolute atomic E-state index is 12.3. The number of halogens is 3. The van der Waals surface area contributed by atoms with Crippen molar-refractivity contribution in [1.82, 2.24) is 9.97 Å². The van der Waals surface area contributed by atoms with E-state index in [9.17, 15) is 13.2 Å². The number of hydrazine groups is 1. The van der Waals surface area contributed by atoms with Crippen molar-refractivity contribution in [2.24, 2.45) is 5.84 Å². The molecule has 0 spiro atoms. The molecule has 0 saturated heterocycles. The zero-order valence-electron chi connectivity index (χ0n) is 10.5. The number of aromatic nitrogens is 2. The first-order chi connectivity index (χ1) is 9.48. The molecule has 0 fully saturated rings. The van der Waals surface area contributed by atoms with E-state index in [4.69, 9.17) is 5.84 Å². The molecule has 1 heterocycles. The normalized spacial score (nSPS) is 11.4. The van der Waals surface area contributed by atoms with E-state index >= 15 is 0 Å². The lowest BCUT2D eigenvalue weighted by Crippen LogP contribution is -2.13. The zero-order valence-corrected chi connectivity index (χ0v) is 10.5. The van der Waals surface area contributed by atoms with Crippen LogP contribution in [0.4, 0.5) is 19.0 Å². The van der Waals surface area contributed by atoms with Crippen LogP contribution in [0.1, 0.15) is 12.2 Å². The largest absolute Gasteiger partial charge is 0.389 e. The van der Waals surface area contributed by atoms with Crippen molar-refractivity contribution in [3.8, 4) is 11.3 Å². The molecule has 0 aliphatic heterocycles. The minimum atomic E-state index is -4.23. The van der Waals surface area contributed by atoms with Gasteiger partial charge in [0.2, 0.25) is 0 Å². The van der Waals surface area contributed by atoms with E-state index in [-0.39, 0.29) is 18.1 Å². The standard InChI is InChI=1S/C13H13F3N4/c14-13(15,16)7-6-11-18-10(8-12(19-11)20-17)9-4-2-1-3-5-9/h1-5,8H,6-7,17H2,(H,18,19,20). The Morgan fingerprint density at radius 2 is 1.80 bits per heavy atom. The molecule has 1 aromatic carbocycles. The first-order valence-electron chi connectivity index (χ1n) is 5.95. The van der Waals surface area contributed by atoms with Crippen molar-refractivity contribution in [3.05, 3.63) is 42.2 Å². The van der Waals surface area contributed by atoms with E-state index < -0.39 is 12.6 Å². The summed E-state index contributed by atoms with van der Waals surface area (Å²) in [5, 5.41) is 0. The minimum Gasteiger partial charge on any atom is -0.308 e. The summed E-state index contributed by atoms with van der Waals surface area (Å²) in [6.07, 6.45) is -5.48. The highest BCUT2D eigenvalue weighted by molar-refractivity contribution is 5.62. The van der Waals surface area contributed by atoms with Gasteiger partial charge in [-0.25, -0.2) is 15.8 Å². The van der Waals surface area contributed by atoms with Gasteiger partial charge < -0.3 is 5.43 Å². The van der Waals surface area contributed by atoms with Gasteiger partial charge in [-0.2, -0.15) is 13.2 Å². The van der Waals surface area contributed by atoms with Gasteiger partial charge in [0.1, 0.15) is 11.6 Å².